The Kier molecular flexibility index (Phi) is 5.76. The highest BCUT2D eigenvalue weighted by molar-refractivity contribution is 9.10. The Labute approximate surface area is 143 Å². The van der Waals surface area contributed by atoms with Gasteiger partial charge >= 0.3 is 11.8 Å². The number of anilines is 1. The van der Waals surface area contributed by atoms with Gasteiger partial charge in [0, 0.05) is 22.3 Å². The molecule has 0 aliphatic rings. The first-order valence-electron chi connectivity index (χ1n) is 6.98. The molecule has 0 radical (unpaired) electrons. The third-order valence-corrected chi connectivity index (χ3v) is 3.77. The van der Waals surface area contributed by atoms with Crippen LogP contribution in [-0.2, 0) is 16.1 Å². The van der Waals surface area contributed by atoms with Crippen molar-refractivity contribution in [1.29, 1.82) is 0 Å². The molecule has 0 aliphatic heterocycles. The highest BCUT2D eigenvalue weighted by atomic mass is 79.9. The summed E-state index contributed by atoms with van der Waals surface area (Å²) in [6.07, 6.45) is 0. The zero-order valence-corrected chi connectivity index (χ0v) is 14.4. The van der Waals surface area contributed by atoms with E-state index in [-0.39, 0.29) is 6.54 Å². The van der Waals surface area contributed by atoms with Crippen molar-refractivity contribution in [3.63, 3.8) is 0 Å². The number of halogens is 1. The third-order valence-electron chi connectivity index (χ3n) is 3.27. The number of hydrogen-bond acceptors (Lipinski definition) is 3. The van der Waals surface area contributed by atoms with E-state index in [9.17, 15) is 9.59 Å². The second kappa shape index (κ2) is 7.78. The number of carbonyl (C=O) groups is 2. The van der Waals surface area contributed by atoms with Crippen LogP contribution in [0.15, 0.2) is 46.9 Å². The molecule has 5 nitrogen and oxygen atoms in total. The minimum absolute atomic E-state index is 0.218. The zero-order chi connectivity index (χ0) is 16.8. The highest BCUT2D eigenvalue weighted by Crippen LogP contribution is 2.20. The molecule has 0 saturated heterocycles. The number of amides is 2. The molecule has 0 aromatic heterocycles. The fraction of sp³-hybridized carbons (Fsp3) is 0.176. The number of aryl methyl sites for hydroxylation is 1. The Balaban J connectivity index is 1.96. The van der Waals surface area contributed by atoms with Crippen LogP contribution < -0.4 is 15.4 Å². The molecule has 0 fully saturated rings. The Bertz CT molecular complexity index is 732. The van der Waals surface area contributed by atoms with Gasteiger partial charge in [-0.15, -0.1) is 0 Å². The highest BCUT2D eigenvalue weighted by Gasteiger charge is 2.15. The molecule has 2 rings (SSSR count). The van der Waals surface area contributed by atoms with Crippen molar-refractivity contribution >= 4 is 33.4 Å². The summed E-state index contributed by atoms with van der Waals surface area (Å²) in [5.41, 5.74) is 2.27. The predicted molar refractivity (Wildman–Crippen MR) is 92.3 cm³/mol. The number of para-hydroxylation sites is 1. The number of methoxy groups -OCH3 is 1. The smallest absolute Gasteiger partial charge is 0.313 e. The molecule has 2 aromatic carbocycles. The first-order valence-corrected chi connectivity index (χ1v) is 7.78. The maximum atomic E-state index is 12.0. The Morgan fingerprint density at radius 1 is 1.13 bits per heavy atom. The third kappa shape index (κ3) is 4.56. The normalized spacial score (nSPS) is 10.0. The monoisotopic (exact) mass is 376 g/mol. The number of hydrogen-bond donors (Lipinski definition) is 2. The molecule has 0 heterocycles. The molecule has 2 N–H and O–H groups in total. The summed E-state index contributed by atoms with van der Waals surface area (Å²) in [4.78, 5) is 23.9. The Hall–Kier alpha value is -2.34. The second-order valence-corrected chi connectivity index (χ2v) is 5.82. The summed E-state index contributed by atoms with van der Waals surface area (Å²) in [6, 6.07) is 12.7. The van der Waals surface area contributed by atoms with Crippen LogP contribution in [0.4, 0.5) is 5.69 Å². The minimum atomic E-state index is -0.703. The molecule has 6 heteroatoms. The number of nitrogens with one attached hydrogen (secondary N) is 2. The standard InChI is InChI=1S/C17H17BrN2O3/c1-11-9-13(18)7-8-14(11)20-17(22)16(21)19-10-12-5-3-4-6-15(12)23-2/h3-9H,10H2,1-2H3,(H,19,21)(H,20,22). The van der Waals surface area contributed by atoms with E-state index < -0.39 is 11.8 Å². The van der Waals surface area contributed by atoms with Crippen molar-refractivity contribution < 1.29 is 14.3 Å². The topological polar surface area (TPSA) is 67.4 Å². The fourth-order valence-corrected chi connectivity index (χ4v) is 2.53. The van der Waals surface area contributed by atoms with E-state index in [0.29, 0.717) is 11.4 Å². The number of rotatable bonds is 4. The van der Waals surface area contributed by atoms with Crippen LogP contribution in [0.1, 0.15) is 11.1 Å². The molecule has 2 amide bonds. The molecule has 0 atom stereocenters. The van der Waals surface area contributed by atoms with Crippen molar-refractivity contribution in [1.82, 2.24) is 5.32 Å². The van der Waals surface area contributed by atoms with Crippen molar-refractivity contribution in [2.45, 2.75) is 13.5 Å². The van der Waals surface area contributed by atoms with Crippen LogP contribution in [0.5, 0.6) is 5.75 Å². The average molecular weight is 377 g/mol. The van der Waals surface area contributed by atoms with E-state index in [1.165, 1.54) is 0 Å². The van der Waals surface area contributed by atoms with Crippen LogP contribution in [0.25, 0.3) is 0 Å². The molecule has 0 bridgehead atoms. The first kappa shape index (κ1) is 17.0. The van der Waals surface area contributed by atoms with Crippen molar-refractivity contribution in [2.75, 3.05) is 12.4 Å². The van der Waals surface area contributed by atoms with E-state index in [1.807, 2.05) is 31.2 Å². The molecule has 23 heavy (non-hydrogen) atoms. The van der Waals surface area contributed by atoms with Gasteiger partial charge in [-0.2, -0.15) is 0 Å². The average Bonchev–Trinajstić information content (AvgIpc) is 2.55. The van der Waals surface area contributed by atoms with Gasteiger partial charge in [-0.1, -0.05) is 34.1 Å². The summed E-state index contributed by atoms with van der Waals surface area (Å²) in [5, 5.41) is 5.18. The van der Waals surface area contributed by atoms with Gasteiger partial charge in [0.15, 0.2) is 0 Å². The summed E-state index contributed by atoms with van der Waals surface area (Å²) in [7, 11) is 1.56. The predicted octanol–water partition coefficient (Wildman–Crippen LogP) is 3.02. The largest absolute Gasteiger partial charge is 0.496 e. The van der Waals surface area contributed by atoms with Crippen LogP contribution >= 0.6 is 15.9 Å². The molecular formula is C17H17BrN2O3. The van der Waals surface area contributed by atoms with Gasteiger partial charge < -0.3 is 15.4 Å². The first-order chi connectivity index (χ1) is 11.0. The molecular weight excluding hydrogens is 360 g/mol. The fourth-order valence-electron chi connectivity index (χ4n) is 2.05. The van der Waals surface area contributed by atoms with E-state index in [4.69, 9.17) is 4.74 Å². The molecule has 0 unspecified atom stereocenters. The van der Waals surface area contributed by atoms with Crippen molar-refractivity contribution in [3.05, 3.63) is 58.1 Å². The van der Waals surface area contributed by atoms with Gasteiger partial charge in [-0.3, -0.25) is 9.59 Å². The van der Waals surface area contributed by atoms with E-state index in [1.54, 1.807) is 25.3 Å². The second-order valence-electron chi connectivity index (χ2n) is 4.91. The molecule has 0 aliphatic carbocycles. The van der Waals surface area contributed by atoms with Crippen LogP contribution in [0, 0.1) is 6.92 Å². The van der Waals surface area contributed by atoms with E-state index in [0.717, 1.165) is 15.6 Å². The molecule has 0 saturated carbocycles. The van der Waals surface area contributed by atoms with Crippen molar-refractivity contribution in [3.8, 4) is 5.75 Å². The lowest BCUT2D eigenvalue weighted by atomic mass is 10.2. The summed E-state index contributed by atoms with van der Waals surface area (Å²) < 4.78 is 6.12. The van der Waals surface area contributed by atoms with Crippen LogP contribution in [0.2, 0.25) is 0 Å². The Morgan fingerprint density at radius 3 is 2.57 bits per heavy atom. The maximum Gasteiger partial charge on any atom is 0.313 e. The van der Waals surface area contributed by atoms with Gasteiger partial charge in [0.25, 0.3) is 0 Å². The van der Waals surface area contributed by atoms with Gasteiger partial charge in [0.2, 0.25) is 0 Å². The number of carbonyl (C=O) groups excluding carboxylic acids is 2. The number of ether oxygens (including phenoxy) is 1. The molecule has 120 valence electrons. The summed E-state index contributed by atoms with van der Waals surface area (Å²) in [5.74, 6) is -0.736. The van der Waals surface area contributed by atoms with Crippen LogP contribution in [0.3, 0.4) is 0 Å². The van der Waals surface area contributed by atoms with Gasteiger partial charge in [0.05, 0.1) is 7.11 Å². The lowest BCUT2D eigenvalue weighted by Crippen LogP contribution is -2.35. The summed E-state index contributed by atoms with van der Waals surface area (Å²) >= 11 is 3.35. The number of benzene rings is 2. The Morgan fingerprint density at radius 2 is 1.87 bits per heavy atom. The molecule has 2 aromatic rings. The van der Waals surface area contributed by atoms with Crippen molar-refractivity contribution in [2.24, 2.45) is 0 Å². The summed E-state index contributed by atoms with van der Waals surface area (Å²) in [6.45, 7) is 2.07. The zero-order valence-electron chi connectivity index (χ0n) is 12.9. The van der Waals surface area contributed by atoms with Crippen LogP contribution in [-0.4, -0.2) is 18.9 Å². The lowest BCUT2D eigenvalue weighted by molar-refractivity contribution is -0.136. The van der Waals surface area contributed by atoms with E-state index in [2.05, 4.69) is 26.6 Å². The van der Waals surface area contributed by atoms with Gasteiger partial charge in [-0.25, -0.2) is 0 Å². The SMILES string of the molecule is COc1ccccc1CNC(=O)C(=O)Nc1ccc(Br)cc1C. The van der Waals surface area contributed by atoms with Gasteiger partial charge in [-0.05, 0) is 36.8 Å². The lowest BCUT2D eigenvalue weighted by Gasteiger charge is -2.11. The molecule has 0 spiro atoms. The quantitative estimate of drug-likeness (QED) is 0.805. The maximum absolute atomic E-state index is 12.0. The minimum Gasteiger partial charge on any atom is -0.496 e. The van der Waals surface area contributed by atoms with Gasteiger partial charge in [0.1, 0.15) is 5.75 Å². The van der Waals surface area contributed by atoms with E-state index >= 15 is 0 Å².